The number of rotatable bonds is 3. The van der Waals surface area contributed by atoms with Crippen LogP contribution in [0, 0.1) is 13.5 Å². The van der Waals surface area contributed by atoms with E-state index in [9.17, 15) is 0 Å². The van der Waals surface area contributed by atoms with Crippen molar-refractivity contribution in [2.45, 2.75) is 6.92 Å². The van der Waals surface area contributed by atoms with Gasteiger partial charge in [0.2, 0.25) is 0 Å². The highest BCUT2D eigenvalue weighted by Gasteiger charge is 2.18. The van der Waals surface area contributed by atoms with E-state index >= 15 is 0 Å². The minimum absolute atomic E-state index is 0.667. The number of hydrogen-bond donors (Lipinski definition) is 0. The number of fused-ring (bicyclic) bond motifs is 12. The molecule has 12 aromatic rings. The highest BCUT2D eigenvalue weighted by Crippen LogP contribution is 2.42. The van der Waals surface area contributed by atoms with Gasteiger partial charge in [0.1, 0.15) is 11.2 Å². The van der Waals surface area contributed by atoms with E-state index in [-0.39, 0.29) is 0 Å². The molecule has 0 amide bonds. The molecule has 0 bridgehead atoms. The fraction of sp³-hybridized carbons (Fsp3) is 0.0200. The van der Waals surface area contributed by atoms with E-state index in [4.69, 9.17) is 11.0 Å². The lowest BCUT2D eigenvalue weighted by molar-refractivity contribution is 0.669. The number of nitrogens with zero attached hydrogens (tertiary/aromatic N) is 3. The van der Waals surface area contributed by atoms with Crippen LogP contribution < -0.4 is 0 Å². The van der Waals surface area contributed by atoms with Gasteiger partial charge in [-0.05, 0) is 114 Å². The van der Waals surface area contributed by atoms with Crippen LogP contribution in [0.3, 0.4) is 0 Å². The van der Waals surface area contributed by atoms with Crippen LogP contribution in [-0.4, -0.2) is 9.13 Å². The summed E-state index contributed by atoms with van der Waals surface area (Å²) in [4.78, 5) is 3.87. The molecule has 4 heterocycles. The Bertz CT molecular complexity index is 3640. The van der Waals surface area contributed by atoms with E-state index < -0.39 is 0 Å². The van der Waals surface area contributed by atoms with Crippen molar-refractivity contribution in [2.75, 3.05) is 0 Å². The van der Waals surface area contributed by atoms with Crippen LogP contribution in [0.1, 0.15) is 5.56 Å². The molecule has 5 heteroatoms. The summed E-state index contributed by atoms with van der Waals surface area (Å²) < 4.78 is 13.7. The maximum atomic E-state index is 7.86. The van der Waals surface area contributed by atoms with E-state index in [0.717, 1.165) is 55.0 Å². The van der Waals surface area contributed by atoms with Gasteiger partial charge >= 0.3 is 0 Å². The van der Waals surface area contributed by atoms with E-state index in [0.29, 0.717) is 5.69 Å². The van der Waals surface area contributed by atoms with Crippen molar-refractivity contribution in [2.24, 2.45) is 0 Å². The third-order valence-corrected chi connectivity index (χ3v) is 12.6. The van der Waals surface area contributed by atoms with Crippen LogP contribution in [0.5, 0.6) is 0 Å². The van der Waals surface area contributed by atoms with Gasteiger partial charge in [-0.1, -0.05) is 72.8 Å². The van der Waals surface area contributed by atoms with E-state index in [1.807, 2.05) is 29.5 Å². The van der Waals surface area contributed by atoms with Crippen molar-refractivity contribution < 1.29 is 4.42 Å². The molecule has 0 aliphatic rings. The first-order valence-electron chi connectivity index (χ1n) is 18.5. The summed E-state index contributed by atoms with van der Waals surface area (Å²) in [5.41, 5.74) is 12.8. The van der Waals surface area contributed by atoms with Gasteiger partial charge in [-0.15, -0.1) is 11.3 Å². The summed E-state index contributed by atoms with van der Waals surface area (Å²) in [6, 6.07) is 56.5. The van der Waals surface area contributed by atoms with Crippen molar-refractivity contribution in [3.63, 3.8) is 0 Å². The Morgan fingerprint density at radius 2 is 1.00 bits per heavy atom. The fourth-order valence-corrected chi connectivity index (χ4v) is 10.1. The lowest BCUT2D eigenvalue weighted by Crippen LogP contribution is -1.93. The minimum atomic E-state index is 0.667. The van der Waals surface area contributed by atoms with Crippen LogP contribution in [0.4, 0.5) is 5.69 Å². The van der Waals surface area contributed by atoms with Gasteiger partial charge in [-0.25, -0.2) is 4.85 Å². The van der Waals surface area contributed by atoms with E-state index in [2.05, 4.69) is 160 Å². The van der Waals surface area contributed by atoms with Gasteiger partial charge in [0.15, 0.2) is 5.69 Å². The monoisotopic (exact) mass is 719 g/mol. The molecule has 55 heavy (non-hydrogen) atoms. The number of hydrogen-bond acceptors (Lipinski definition) is 2. The number of furan rings is 1. The normalized spacial score (nSPS) is 12.1. The first kappa shape index (κ1) is 30.3. The maximum absolute atomic E-state index is 7.86. The topological polar surface area (TPSA) is 27.4 Å². The Kier molecular flexibility index (Phi) is 6.17. The molecular weight excluding hydrogens is 691 g/mol. The molecule has 0 N–H and O–H groups in total. The quantitative estimate of drug-likeness (QED) is 0.167. The van der Waals surface area contributed by atoms with Crippen molar-refractivity contribution >= 4 is 103 Å². The van der Waals surface area contributed by atoms with Gasteiger partial charge in [0, 0.05) is 64.0 Å². The van der Waals surface area contributed by atoms with Crippen LogP contribution in [0.15, 0.2) is 162 Å². The number of aryl methyl sites for hydroxylation is 1. The first-order valence-corrected chi connectivity index (χ1v) is 19.3. The van der Waals surface area contributed by atoms with Crippen LogP contribution in [0.25, 0.3) is 113 Å². The summed E-state index contributed by atoms with van der Waals surface area (Å²) in [6.45, 7) is 10.1. The molecule has 256 valence electrons. The summed E-state index contributed by atoms with van der Waals surface area (Å²) >= 11 is 1.85. The summed E-state index contributed by atoms with van der Waals surface area (Å²) in [7, 11) is 0. The van der Waals surface area contributed by atoms with Gasteiger partial charge in [-0.3, -0.25) is 0 Å². The molecule has 0 unspecified atom stereocenters. The number of thiophene rings is 1. The predicted molar refractivity (Wildman–Crippen MR) is 232 cm³/mol. The molecule has 0 atom stereocenters. The Morgan fingerprint density at radius 3 is 1.75 bits per heavy atom. The summed E-state index contributed by atoms with van der Waals surface area (Å²) in [5.74, 6) is 0. The Morgan fingerprint density at radius 1 is 0.473 bits per heavy atom. The third-order valence-electron chi connectivity index (χ3n) is 11.5. The van der Waals surface area contributed by atoms with Gasteiger partial charge in [0.05, 0.1) is 23.1 Å². The zero-order chi connectivity index (χ0) is 36.4. The third kappa shape index (κ3) is 4.26. The van der Waals surface area contributed by atoms with Crippen molar-refractivity contribution in [1.82, 2.24) is 9.13 Å². The number of para-hydroxylation sites is 2. The Balaban J connectivity index is 1.01. The van der Waals surface area contributed by atoms with Crippen molar-refractivity contribution in [1.29, 1.82) is 0 Å². The Labute approximate surface area is 319 Å². The molecule has 0 saturated heterocycles. The molecule has 0 saturated carbocycles. The zero-order valence-corrected chi connectivity index (χ0v) is 30.5. The maximum Gasteiger partial charge on any atom is 0.197 e. The standard InChI is InChI=1S/C50H29N3OS/c1-29-9-7-15-43-49(29)34-10-3-5-13-41(34)52(43)33-20-24-48-39(28-33)38-26-31(18-23-47(38)55-48)30-17-21-45-36(25-30)37-27-32(19-22-46(37)54-45)53-42-14-6-4-11-35(42)50-40(51-2)12-8-16-44(50)53/h3-28H,1H3. The smallest absolute Gasteiger partial charge is 0.197 e. The van der Waals surface area contributed by atoms with Gasteiger partial charge < -0.3 is 13.6 Å². The summed E-state index contributed by atoms with van der Waals surface area (Å²) in [5, 5.41) is 9.34. The van der Waals surface area contributed by atoms with Gasteiger partial charge in [0.25, 0.3) is 0 Å². The van der Waals surface area contributed by atoms with E-state index in [1.165, 1.54) is 58.8 Å². The molecule has 0 aliphatic carbocycles. The molecule has 0 radical (unpaired) electrons. The van der Waals surface area contributed by atoms with Crippen LogP contribution in [-0.2, 0) is 0 Å². The number of benzene rings is 8. The molecular formula is C50H29N3OS. The highest BCUT2D eigenvalue weighted by atomic mass is 32.1. The molecule has 8 aromatic carbocycles. The molecule has 0 aliphatic heterocycles. The lowest BCUT2D eigenvalue weighted by Gasteiger charge is -2.09. The predicted octanol–water partition coefficient (Wildman–Crippen LogP) is 14.7. The van der Waals surface area contributed by atoms with Crippen molar-refractivity contribution in [3.8, 4) is 22.5 Å². The largest absolute Gasteiger partial charge is 0.456 e. The molecule has 4 aromatic heterocycles. The average molecular weight is 720 g/mol. The summed E-state index contributed by atoms with van der Waals surface area (Å²) in [6.07, 6.45) is 0. The minimum Gasteiger partial charge on any atom is -0.456 e. The second-order valence-corrected chi connectivity index (χ2v) is 15.5. The zero-order valence-electron chi connectivity index (χ0n) is 29.7. The average Bonchev–Trinajstić information content (AvgIpc) is 3.97. The first-order chi connectivity index (χ1) is 27.1. The van der Waals surface area contributed by atoms with Crippen LogP contribution in [0.2, 0.25) is 0 Å². The SMILES string of the molecule is [C-]#[N+]c1cccc2c1c1ccccc1n2-c1ccc2oc3ccc(-c4ccc5sc6ccc(-n7c8ccccc8c8c(C)cccc87)cc6c5c4)cc3c2c1. The molecule has 12 rings (SSSR count). The molecule has 4 nitrogen and oxygen atoms in total. The second kappa shape index (κ2) is 11.2. The van der Waals surface area contributed by atoms with Gasteiger partial charge in [-0.2, -0.15) is 0 Å². The second-order valence-electron chi connectivity index (χ2n) is 14.4. The van der Waals surface area contributed by atoms with Crippen molar-refractivity contribution in [3.05, 3.63) is 175 Å². The number of aromatic nitrogens is 2. The lowest BCUT2D eigenvalue weighted by atomic mass is 10.0. The van der Waals surface area contributed by atoms with Crippen LogP contribution >= 0.6 is 11.3 Å². The molecule has 0 fully saturated rings. The molecule has 0 spiro atoms. The van der Waals surface area contributed by atoms with E-state index in [1.54, 1.807) is 0 Å². The highest BCUT2D eigenvalue weighted by molar-refractivity contribution is 7.25. The Hall–Kier alpha value is -7.13. The fourth-order valence-electron chi connectivity index (χ4n) is 9.02.